The van der Waals surface area contributed by atoms with Crippen LogP contribution in [-0.4, -0.2) is 0 Å². The Morgan fingerprint density at radius 2 is 1.48 bits per heavy atom. The maximum Gasteiger partial charge on any atom is 0.194 e. The van der Waals surface area contributed by atoms with Gasteiger partial charge in [-0.2, -0.15) is 0 Å². The highest BCUT2D eigenvalue weighted by Crippen LogP contribution is 2.32. The van der Waals surface area contributed by atoms with Crippen LogP contribution < -0.4 is 4.94 Å². The summed E-state index contributed by atoms with van der Waals surface area (Å²) in [5.74, 6) is -4.82. The molecule has 0 N–H and O–H groups in total. The standard InChI is InChI=1S/C20H20F2.C6H2F4O/c1-14-2-6-16(7-3-14)18-10-11-19(20(22)12-18)17-8-4-15(13-21)5-9-17;7-4-1-3(11-10)2-5(8)6(4)9/h4-6,8-12,14H,2-3,7,13H2,1H3;1-2H. The van der Waals surface area contributed by atoms with Gasteiger partial charge in [-0.3, -0.25) is 4.94 Å². The van der Waals surface area contributed by atoms with Crippen molar-refractivity contribution in [2.24, 2.45) is 5.92 Å². The predicted molar refractivity (Wildman–Crippen MR) is 116 cm³/mol. The first-order chi connectivity index (χ1) is 15.8. The van der Waals surface area contributed by atoms with Gasteiger partial charge in [-0.25, -0.2) is 22.0 Å². The summed E-state index contributed by atoms with van der Waals surface area (Å²) in [4.78, 5) is 2.98. The molecule has 0 fully saturated rings. The van der Waals surface area contributed by atoms with Crippen molar-refractivity contribution >= 4 is 5.57 Å². The normalized spacial score (nSPS) is 15.4. The molecule has 33 heavy (non-hydrogen) atoms. The van der Waals surface area contributed by atoms with Gasteiger partial charge in [0.1, 0.15) is 12.5 Å². The third-order valence-corrected chi connectivity index (χ3v) is 5.48. The zero-order chi connectivity index (χ0) is 24.0. The van der Waals surface area contributed by atoms with E-state index in [-0.39, 0.29) is 5.82 Å². The summed E-state index contributed by atoms with van der Waals surface area (Å²) >= 11 is 0. The largest absolute Gasteiger partial charge is 0.294 e. The Bertz CT molecular complexity index is 1100. The van der Waals surface area contributed by atoms with E-state index in [1.807, 2.05) is 12.1 Å². The maximum atomic E-state index is 14.4. The minimum Gasteiger partial charge on any atom is -0.294 e. The van der Waals surface area contributed by atoms with Gasteiger partial charge in [0.2, 0.25) is 0 Å². The van der Waals surface area contributed by atoms with Gasteiger partial charge < -0.3 is 0 Å². The number of hydrogen-bond donors (Lipinski definition) is 0. The van der Waals surface area contributed by atoms with E-state index < -0.39 is 29.9 Å². The van der Waals surface area contributed by atoms with E-state index in [0.29, 0.717) is 23.3 Å². The van der Waals surface area contributed by atoms with Gasteiger partial charge in [-0.15, -0.1) is 0 Å². The van der Waals surface area contributed by atoms with Crippen LogP contribution in [0.25, 0.3) is 16.7 Å². The quantitative estimate of drug-likeness (QED) is 0.278. The van der Waals surface area contributed by atoms with Crippen molar-refractivity contribution in [3.63, 3.8) is 0 Å². The predicted octanol–water partition coefficient (Wildman–Crippen LogP) is 8.53. The van der Waals surface area contributed by atoms with Gasteiger partial charge in [0.05, 0.1) is 0 Å². The lowest BCUT2D eigenvalue weighted by atomic mass is 9.87. The fourth-order valence-corrected chi connectivity index (χ4v) is 3.53. The van der Waals surface area contributed by atoms with Gasteiger partial charge in [0.15, 0.2) is 23.2 Å². The van der Waals surface area contributed by atoms with Crippen LogP contribution in [0.2, 0.25) is 0 Å². The molecule has 0 saturated carbocycles. The van der Waals surface area contributed by atoms with Gasteiger partial charge in [-0.1, -0.05) is 49.4 Å². The molecule has 0 spiro atoms. The number of benzene rings is 3. The van der Waals surface area contributed by atoms with Gasteiger partial charge in [-0.05, 0) is 53.5 Å². The van der Waals surface area contributed by atoms with E-state index in [1.54, 1.807) is 30.3 Å². The molecular formula is C26H22F6O. The summed E-state index contributed by atoms with van der Waals surface area (Å²) in [6.45, 7) is 1.76. The summed E-state index contributed by atoms with van der Waals surface area (Å²) in [5.41, 5.74) is 4.19. The highest BCUT2D eigenvalue weighted by Gasteiger charge is 2.14. The van der Waals surface area contributed by atoms with Crippen LogP contribution in [0.4, 0.5) is 26.5 Å². The van der Waals surface area contributed by atoms with E-state index in [9.17, 15) is 26.5 Å². The van der Waals surface area contributed by atoms with E-state index in [0.717, 1.165) is 29.9 Å². The Kier molecular flexibility index (Phi) is 8.20. The maximum absolute atomic E-state index is 14.4. The summed E-state index contributed by atoms with van der Waals surface area (Å²) in [6, 6.07) is 13.2. The minimum atomic E-state index is -1.65. The van der Waals surface area contributed by atoms with Crippen LogP contribution in [0.3, 0.4) is 0 Å². The lowest BCUT2D eigenvalue weighted by Gasteiger charge is -2.19. The number of alkyl halides is 1. The number of halogens is 6. The van der Waals surface area contributed by atoms with Gasteiger partial charge >= 0.3 is 0 Å². The van der Waals surface area contributed by atoms with Crippen molar-refractivity contribution in [3.8, 4) is 16.9 Å². The Morgan fingerprint density at radius 1 is 0.848 bits per heavy atom. The van der Waals surface area contributed by atoms with Crippen molar-refractivity contribution in [2.45, 2.75) is 32.9 Å². The lowest BCUT2D eigenvalue weighted by Crippen LogP contribution is -2.01. The second kappa shape index (κ2) is 11.1. The molecule has 1 aliphatic rings. The number of allylic oxidation sites excluding steroid dienone is 2. The number of rotatable bonds is 4. The molecule has 0 aliphatic heterocycles. The molecule has 0 aromatic heterocycles. The molecule has 174 valence electrons. The Morgan fingerprint density at radius 3 is 2.00 bits per heavy atom. The average molecular weight is 464 g/mol. The molecule has 0 heterocycles. The average Bonchev–Trinajstić information content (AvgIpc) is 2.83. The van der Waals surface area contributed by atoms with E-state index in [1.165, 1.54) is 12.0 Å². The molecule has 4 rings (SSSR count). The molecular weight excluding hydrogens is 442 g/mol. The first-order valence-corrected chi connectivity index (χ1v) is 10.4. The van der Waals surface area contributed by atoms with Crippen molar-refractivity contribution in [1.82, 2.24) is 0 Å². The van der Waals surface area contributed by atoms with E-state index >= 15 is 0 Å². The van der Waals surface area contributed by atoms with E-state index in [4.69, 9.17) is 0 Å². The molecule has 3 aromatic rings. The van der Waals surface area contributed by atoms with Gasteiger partial charge in [0.25, 0.3) is 0 Å². The molecule has 0 amide bonds. The summed E-state index contributed by atoms with van der Waals surface area (Å²) in [6.07, 6.45) is 5.49. The molecule has 0 saturated heterocycles. The van der Waals surface area contributed by atoms with Crippen molar-refractivity contribution in [3.05, 3.63) is 95.1 Å². The SMILES string of the molecule is CC1CC=C(c2ccc(-c3ccc(CF)cc3)c(F)c2)CC1.FOc1cc(F)c(F)c(F)c1. The van der Waals surface area contributed by atoms with E-state index in [2.05, 4.69) is 17.9 Å². The summed E-state index contributed by atoms with van der Waals surface area (Å²) in [7, 11) is 0. The van der Waals surface area contributed by atoms with Crippen LogP contribution in [0.15, 0.2) is 60.7 Å². The highest BCUT2D eigenvalue weighted by molar-refractivity contribution is 5.71. The second-order valence-electron chi connectivity index (χ2n) is 7.91. The Labute approximate surface area is 188 Å². The monoisotopic (exact) mass is 464 g/mol. The topological polar surface area (TPSA) is 9.23 Å². The Hall–Kier alpha value is -3.22. The lowest BCUT2D eigenvalue weighted by molar-refractivity contribution is -0.00711. The minimum absolute atomic E-state index is 0.218. The van der Waals surface area contributed by atoms with Crippen molar-refractivity contribution < 1.29 is 31.4 Å². The van der Waals surface area contributed by atoms with Crippen LogP contribution in [-0.2, 0) is 6.67 Å². The molecule has 0 radical (unpaired) electrons. The van der Waals surface area contributed by atoms with Gasteiger partial charge in [0, 0.05) is 22.2 Å². The van der Waals surface area contributed by atoms with Crippen LogP contribution >= 0.6 is 0 Å². The molecule has 1 aliphatic carbocycles. The fraction of sp³-hybridized carbons (Fsp3) is 0.231. The third-order valence-electron chi connectivity index (χ3n) is 5.48. The molecule has 1 atom stereocenters. The Balaban J connectivity index is 0.000000235. The van der Waals surface area contributed by atoms with Crippen LogP contribution in [0, 0.1) is 29.2 Å². The third kappa shape index (κ3) is 6.18. The molecule has 1 nitrogen and oxygen atoms in total. The zero-order valence-electron chi connectivity index (χ0n) is 17.9. The molecule has 7 heteroatoms. The smallest absolute Gasteiger partial charge is 0.194 e. The molecule has 3 aromatic carbocycles. The van der Waals surface area contributed by atoms with Crippen molar-refractivity contribution in [1.29, 1.82) is 0 Å². The number of hydrogen-bond acceptors (Lipinski definition) is 1. The van der Waals surface area contributed by atoms with Crippen LogP contribution in [0.5, 0.6) is 5.75 Å². The second-order valence-corrected chi connectivity index (χ2v) is 7.91. The summed E-state index contributed by atoms with van der Waals surface area (Å²) in [5, 5.41) is 0. The first-order valence-electron chi connectivity index (χ1n) is 10.4. The molecule has 1 unspecified atom stereocenters. The fourth-order valence-electron chi connectivity index (χ4n) is 3.53. The zero-order valence-corrected chi connectivity index (χ0v) is 17.9. The van der Waals surface area contributed by atoms with Crippen LogP contribution in [0.1, 0.15) is 37.3 Å². The molecule has 0 bridgehead atoms. The van der Waals surface area contributed by atoms with Crippen molar-refractivity contribution in [2.75, 3.05) is 0 Å². The summed E-state index contributed by atoms with van der Waals surface area (Å²) < 4.78 is 74.7. The first kappa shape index (κ1) is 24.4. The highest BCUT2D eigenvalue weighted by atomic mass is 19.3.